The summed E-state index contributed by atoms with van der Waals surface area (Å²) >= 11 is 1.02. The van der Waals surface area contributed by atoms with Crippen molar-refractivity contribution in [2.45, 2.75) is 25.6 Å². The zero-order valence-corrected chi connectivity index (χ0v) is 16.4. The molecule has 0 saturated carbocycles. The third-order valence-electron chi connectivity index (χ3n) is 4.32. The van der Waals surface area contributed by atoms with Gasteiger partial charge in [-0.3, -0.25) is 4.99 Å². The van der Waals surface area contributed by atoms with Gasteiger partial charge in [-0.25, -0.2) is 4.98 Å². The van der Waals surface area contributed by atoms with Gasteiger partial charge in [0.15, 0.2) is 11.7 Å². The van der Waals surface area contributed by atoms with Crippen LogP contribution in [0.25, 0.3) is 10.8 Å². The van der Waals surface area contributed by atoms with Crippen LogP contribution >= 0.6 is 11.3 Å². The van der Waals surface area contributed by atoms with E-state index in [-0.39, 0.29) is 6.04 Å². The average molecular weight is 406 g/mol. The van der Waals surface area contributed by atoms with E-state index in [0.717, 1.165) is 22.3 Å². The van der Waals surface area contributed by atoms with Gasteiger partial charge >= 0.3 is 6.18 Å². The van der Waals surface area contributed by atoms with Crippen LogP contribution in [0.15, 0.2) is 52.8 Å². The number of hydrogen-bond donors (Lipinski definition) is 2. The summed E-state index contributed by atoms with van der Waals surface area (Å²) in [4.78, 5) is 7.82. The van der Waals surface area contributed by atoms with Crippen LogP contribution in [0.1, 0.15) is 29.2 Å². The summed E-state index contributed by atoms with van der Waals surface area (Å²) in [6.07, 6.45) is -4.00. The standard InChI is InChI=1S/C20H21F3N4S/c1-13(15-8-7-14-5-3-4-6-16(14)11-15)26-19(24-2)25-10-9-18-27-17(12-28-18)20(21,22)23/h3-8,11-13H,9-10H2,1-2H3,(H2,24,25,26). The molecule has 1 aromatic heterocycles. The molecule has 0 aliphatic heterocycles. The normalized spacial score (nSPS) is 13.5. The van der Waals surface area contributed by atoms with Crippen LogP contribution in [0.4, 0.5) is 13.2 Å². The molecule has 2 N–H and O–H groups in total. The Balaban J connectivity index is 1.55. The molecule has 1 atom stereocenters. The van der Waals surface area contributed by atoms with Crippen LogP contribution in [-0.2, 0) is 12.6 Å². The van der Waals surface area contributed by atoms with Gasteiger partial charge in [-0.2, -0.15) is 13.2 Å². The smallest absolute Gasteiger partial charge is 0.356 e. The largest absolute Gasteiger partial charge is 0.434 e. The van der Waals surface area contributed by atoms with Crippen LogP contribution in [0.3, 0.4) is 0 Å². The number of hydrogen-bond acceptors (Lipinski definition) is 3. The number of nitrogens with zero attached hydrogens (tertiary/aromatic N) is 2. The zero-order valence-electron chi connectivity index (χ0n) is 15.5. The summed E-state index contributed by atoms with van der Waals surface area (Å²) in [6.45, 7) is 2.47. The number of fused-ring (bicyclic) bond motifs is 1. The number of aliphatic imine (C=N–C) groups is 1. The molecule has 0 aliphatic carbocycles. The quantitative estimate of drug-likeness (QED) is 0.473. The third-order valence-corrected chi connectivity index (χ3v) is 5.23. The van der Waals surface area contributed by atoms with Crippen molar-refractivity contribution in [3.63, 3.8) is 0 Å². The molecule has 0 fully saturated rings. The first-order valence-electron chi connectivity index (χ1n) is 8.84. The number of halogens is 3. The van der Waals surface area contributed by atoms with Gasteiger partial charge in [0.1, 0.15) is 0 Å². The lowest BCUT2D eigenvalue weighted by Crippen LogP contribution is -2.39. The second-order valence-electron chi connectivity index (χ2n) is 6.35. The van der Waals surface area contributed by atoms with E-state index in [0.29, 0.717) is 23.9 Å². The van der Waals surface area contributed by atoms with Crippen LogP contribution < -0.4 is 10.6 Å². The van der Waals surface area contributed by atoms with Gasteiger partial charge in [0.05, 0.1) is 11.0 Å². The van der Waals surface area contributed by atoms with Crippen molar-refractivity contribution in [2.75, 3.05) is 13.6 Å². The highest BCUT2D eigenvalue weighted by atomic mass is 32.1. The molecule has 0 amide bonds. The number of aromatic nitrogens is 1. The van der Waals surface area contributed by atoms with Gasteiger partial charge in [-0.1, -0.05) is 36.4 Å². The number of rotatable bonds is 5. The van der Waals surface area contributed by atoms with Crippen LogP contribution in [-0.4, -0.2) is 24.5 Å². The highest BCUT2D eigenvalue weighted by molar-refractivity contribution is 7.09. The van der Waals surface area contributed by atoms with E-state index in [1.54, 1.807) is 7.05 Å². The van der Waals surface area contributed by atoms with Gasteiger partial charge in [0.25, 0.3) is 0 Å². The lowest BCUT2D eigenvalue weighted by atomic mass is 10.0. The third kappa shape index (κ3) is 5.01. The number of benzene rings is 2. The van der Waals surface area contributed by atoms with Crippen molar-refractivity contribution in [3.05, 3.63) is 64.1 Å². The lowest BCUT2D eigenvalue weighted by Gasteiger charge is -2.18. The molecule has 8 heteroatoms. The highest BCUT2D eigenvalue weighted by Crippen LogP contribution is 2.30. The van der Waals surface area contributed by atoms with Crippen molar-refractivity contribution in [3.8, 4) is 0 Å². The van der Waals surface area contributed by atoms with E-state index in [2.05, 4.69) is 50.9 Å². The van der Waals surface area contributed by atoms with E-state index in [1.807, 2.05) is 19.1 Å². The summed E-state index contributed by atoms with van der Waals surface area (Å²) in [5, 5.41) is 10.3. The Hall–Kier alpha value is -2.61. The predicted octanol–water partition coefficient (Wildman–Crippen LogP) is 4.78. The van der Waals surface area contributed by atoms with Gasteiger partial charge in [-0.05, 0) is 29.3 Å². The molecule has 3 aromatic rings. The van der Waals surface area contributed by atoms with Gasteiger partial charge < -0.3 is 10.6 Å². The molecule has 2 aromatic carbocycles. The van der Waals surface area contributed by atoms with Crippen LogP contribution in [0, 0.1) is 0 Å². The predicted molar refractivity (Wildman–Crippen MR) is 108 cm³/mol. The minimum atomic E-state index is -4.39. The van der Waals surface area contributed by atoms with Crippen molar-refractivity contribution in [1.82, 2.24) is 15.6 Å². The van der Waals surface area contributed by atoms with Gasteiger partial charge in [0.2, 0.25) is 0 Å². The fourth-order valence-corrected chi connectivity index (χ4v) is 3.61. The molecule has 3 rings (SSSR count). The van der Waals surface area contributed by atoms with Crippen LogP contribution in [0.5, 0.6) is 0 Å². The van der Waals surface area contributed by atoms with E-state index in [1.165, 1.54) is 10.8 Å². The summed E-state index contributed by atoms with van der Waals surface area (Å²) in [5.41, 5.74) is 0.288. The SMILES string of the molecule is CN=C(NCCc1nc(C(F)(F)F)cs1)NC(C)c1ccc2ccccc2c1. The Kier molecular flexibility index (Phi) is 6.18. The lowest BCUT2D eigenvalue weighted by molar-refractivity contribution is -0.140. The summed E-state index contributed by atoms with van der Waals surface area (Å²) in [7, 11) is 1.66. The second-order valence-corrected chi connectivity index (χ2v) is 7.29. The molecule has 0 spiro atoms. The number of thiazole rings is 1. The first-order valence-corrected chi connectivity index (χ1v) is 9.72. The Bertz CT molecular complexity index is 965. The molecule has 4 nitrogen and oxygen atoms in total. The Labute approximate surface area is 165 Å². The molecule has 28 heavy (non-hydrogen) atoms. The average Bonchev–Trinajstić information content (AvgIpc) is 3.16. The molecular formula is C20H21F3N4S. The maximum atomic E-state index is 12.6. The molecule has 0 aliphatic rings. The molecular weight excluding hydrogens is 385 g/mol. The second kappa shape index (κ2) is 8.60. The van der Waals surface area contributed by atoms with Crippen molar-refractivity contribution in [2.24, 2.45) is 4.99 Å². The van der Waals surface area contributed by atoms with Crippen molar-refractivity contribution < 1.29 is 13.2 Å². The van der Waals surface area contributed by atoms with Crippen LogP contribution in [0.2, 0.25) is 0 Å². The minimum absolute atomic E-state index is 0.0208. The summed E-state index contributed by atoms with van der Waals surface area (Å²) in [5.74, 6) is 0.591. The maximum absolute atomic E-state index is 12.6. The monoisotopic (exact) mass is 406 g/mol. The van der Waals surface area contributed by atoms with Crippen molar-refractivity contribution in [1.29, 1.82) is 0 Å². The first-order chi connectivity index (χ1) is 13.4. The van der Waals surface area contributed by atoms with E-state index in [9.17, 15) is 13.2 Å². The van der Waals surface area contributed by atoms with Gasteiger partial charge in [0, 0.05) is 25.4 Å². The molecule has 0 bridgehead atoms. The molecule has 0 radical (unpaired) electrons. The number of nitrogens with one attached hydrogen (secondary N) is 2. The minimum Gasteiger partial charge on any atom is -0.356 e. The van der Waals surface area contributed by atoms with Crippen molar-refractivity contribution >= 4 is 28.1 Å². The highest BCUT2D eigenvalue weighted by Gasteiger charge is 2.33. The fraction of sp³-hybridized carbons (Fsp3) is 0.300. The molecule has 1 unspecified atom stereocenters. The van der Waals surface area contributed by atoms with E-state index in [4.69, 9.17) is 0 Å². The van der Waals surface area contributed by atoms with Gasteiger partial charge in [-0.15, -0.1) is 11.3 Å². The maximum Gasteiger partial charge on any atom is 0.434 e. The summed E-state index contributed by atoms with van der Waals surface area (Å²) < 4.78 is 37.8. The topological polar surface area (TPSA) is 49.3 Å². The van der Waals surface area contributed by atoms with E-state index < -0.39 is 11.9 Å². The number of alkyl halides is 3. The Morgan fingerprint density at radius 3 is 2.61 bits per heavy atom. The molecule has 1 heterocycles. The number of guanidine groups is 1. The Morgan fingerprint density at radius 2 is 1.93 bits per heavy atom. The molecule has 148 valence electrons. The molecule has 0 saturated heterocycles. The Morgan fingerprint density at radius 1 is 1.18 bits per heavy atom. The van der Waals surface area contributed by atoms with E-state index >= 15 is 0 Å². The summed E-state index contributed by atoms with van der Waals surface area (Å²) in [6, 6.07) is 14.5. The first kappa shape index (κ1) is 20.1. The zero-order chi connectivity index (χ0) is 20.1. The fourth-order valence-electron chi connectivity index (χ4n) is 2.80.